The zero-order valence-corrected chi connectivity index (χ0v) is 12.1. The fraction of sp³-hybridized carbons (Fsp3) is 0.583. The Bertz CT molecular complexity index is 344. The molecule has 0 radical (unpaired) electrons. The largest absolute Gasteiger partial charge is 0.444 e. The van der Waals surface area contributed by atoms with Crippen LogP contribution in [0.25, 0.3) is 0 Å². The van der Waals surface area contributed by atoms with Crippen molar-refractivity contribution in [1.82, 2.24) is 5.32 Å². The fourth-order valence-electron chi connectivity index (χ4n) is 1.33. The number of halogens is 1. The molecule has 96 valence electrons. The minimum absolute atomic E-state index is 0.0927. The molecule has 0 spiro atoms. The molecule has 0 heterocycles. The molecule has 1 aliphatic carbocycles. The molecule has 2 atom stereocenters. The zero-order chi connectivity index (χ0) is 13.1. The van der Waals surface area contributed by atoms with Crippen molar-refractivity contribution in [1.29, 1.82) is 0 Å². The van der Waals surface area contributed by atoms with Gasteiger partial charge in [0.25, 0.3) is 0 Å². The topological polar surface area (TPSA) is 47.6 Å². The molecule has 0 bridgehead atoms. The van der Waals surface area contributed by atoms with E-state index in [9.17, 15) is 4.79 Å². The summed E-state index contributed by atoms with van der Waals surface area (Å²) in [4.78, 5) is 11.7. The lowest BCUT2D eigenvalue weighted by molar-refractivity contribution is 0.0546. The minimum Gasteiger partial charge on any atom is -0.444 e. The Hall–Kier alpha value is -0.810. The summed E-state index contributed by atoms with van der Waals surface area (Å²) >= 11 is 3.46. The molecule has 1 rings (SSSR count). The number of ether oxygens (including phenoxy) is 2. The average molecular weight is 304 g/mol. The van der Waals surface area contributed by atoms with Crippen LogP contribution < -0.4 is 5.32 Å². The second-order valence-electron chi connectivity index (χ2n) is 4.75. The number of amides is 1. The SMILES string of the molecule is COC1C=C(NC(=O)OC(C)(C)C)C=CC1Br. The Morgan fingerprint density at radius 2 is 2.12 bits per heavy atom. The molecular formula is C12H18BrNO3. The molecular weight excluding hydrogens is 286 g/mol. The molecule has 5 heteroatoms. The van der Waals surface area contributed by atoms with Crippen LogP contribution in [0.1, 0.15) is 20.8 Å². The van der Waals surface area contributed by atoms with E-state index in [1.807, 2.05) is 39.0 Å². The van der Waals surface area contributed by atoms with Crippen molar-refractivity contribution in [2.75, 3.05) is 7.11 Å². The third-order valence-corrected chi connectivity index (χ3v) is 2.86. The molecule has 0 aliphatic heterocycles. The molecule has 1 N–H and O–H groups in total. The van der Waals surface area contributed by atoms with Crippen LogP contribution in [0.5, 0.6) is 0 Å². The van der Waals surface area contributed by atoms with Crippen LogP contribution in [0.3, 0.4) is 0 Å². The monoisotopic (exact) mass is 303 g/mol. The van der Waals surface area contributed by atoms with Crippen LogP contribution in [-0.4, -0.2) is 29.7 Å². The van der Waals surface area contributed by atoms with Gasteiger partial charge in [0, 0.05) is 12.8 Å². The van der Waals surface area contributed by atoms with Gasteiger partial charge in [0.1, 0.15) is 5.60 Å². The summed E-state index contributed by atoms with van der Waals surface area (Å²) in [6, 6.07) is 0. The molecule has 0 aromatic rings. The number of hydrogen-bond acceptors (Lipinski definition) is 3. The van der Waals surface area contributed by atoms with Gasteiger partial charge in [-0.25, -0.2) is 4.79 Å². The predicted octanol–water partition coefficient (Wildman–Crippen LogP) is 2.74. The van der Waals surface area contributed by atoms with Gasteiger partial charge in [0.05, 0.1) is 10.9 Å². The van der Waals surface area contributed by atoms with Crippen LogP contribution in [0.4, 0.5) is 4.79 Å². The highest BCUT2D eigenvalue weighted by molar-refractivity contribution is 9.09. The first kappa shape index (κ1) is 14.3. The van der Waals surface area contributed by atoms with Crippen molar-refractivity contribution in [3.8, 4) is 0 Å². The quantitative estimate of drug-likeness (QED) is 0.798. The van der Waals surface area contributed by atoms with E-state index >= 15 is 0 Å². The highest BCUT2D eigenvalue weighted by atomic mass is 79.9. The Labute approximate surface area is 110 Å². The lowest BCUT2D eigenvalue weighted by Crippen LogP contribution is -2.33. The summed E-state index contributed by atoms with van der Waals surface area (Å²) in [5, 5.41) is 2.67. The zero-order valence-electron chi connectivity index (χ0n) is 10.5. The number of carbonyl (C=O) groups excluding carboxylic acids is 1. The number of alkyl halides is 1. The molecule has 17 heavy (non-hydrogen) atoms. The first-order valence-electron chi connectivity index (χ1n) is 5.39. The van der Waals surface area contributed by atoms with E-state index in [-0.39, 0.29) is 10.9 Å². The average Bonchev–Trinajstić information content (AvgIpc) is 2.18. The van der Waals surface area contributed by atoms with E-state index in [1.165, 1.54) is 0 Å². The lowest BCUT2D eigenvalue weighted by Gasteiger charge is -2.23. The fourth-order valence-corrected chi connectivity index (χ4v) is 1.85. The van der Waals surface area contributed by atoms with Crippen LogP contribution >= 0.6 is 15.9 Å². The second kappa shape index (κ2) is 5.69. The Kier molecular flexibility index (Phi) is 4.77. The van der Waals surface area contributed by atoms with E-state index in [0.717, 1.165) is 0 Å². The van der Waals surface area contributed by atoms with Crippen molar-refractivity contribution in [2.45, 2.75) is 37.3 Å². The highest BCUT2D eigenvalue weighted by Gasteiger charge is 2.20. The number of hydrogen-bond donors (Lipinski definition) is 1. The molecule has 4 nitrogen and oxygen atoms in total. The Morgan fingerprint density at radius 1 is 1.47 bits per heavy atom. The van der Waals surface area contributed by atoms with Crippen LogP contribution in [0, 0.1) is 0 Å². The summed E-state index contributed by atoms with van der Waals surface area (Å²) in [5.41, 5.74) is 0.184. The van der Waals surface area contributed by atoms with Gasteiger partial charge >= 0.3 is 6.09 Å². The third-order valence-electron chi connectivity index (χ3n) is 2.03. The van der Waals surface area contributed by atoms with E-state index in [0.29, 0.717) is 5.70 Å². The maximum Gasteiger partial charge on any atom is 0.412 e. The van der Waals surface area contributed by atoms with Crippen LogP contribution in [0.15, 0.2) is 23.9 Å². The molecule has 0 aromatic carbocycles. The van der Waals surface area contributed by atoms with Gasteiger partial charge < -0.3 is 9.47 Å². The summed E-state index contributed by atoms with van der Waals surface area (Å²) in [6.07, 6.45) is 5.02. The van der Waals surface area contributed by atoms with E-state index in [2.05, 4.69) is 21.2 Å². The Morgan fingerprint density at radius 3 is 2.65 bits per heavy atom. The first-order chi connectivity index (χ1) is 7.81. The summed E-state index contributed by atoms with van der Waals surface area (Å²) in [6.45, 7) is 5.47. The first-order valence-corrected chi connectivity index (χ1v) is 6.30. The number of carbonyl (C=O) groups is 1. The number of methoxy groups -OCH3 is 1. The lowest BCUT2D eigenvalue weighted by atomic mass is 10.1. The maximum atomic E-state index is 11.5. The molecule has 0 fully saturated rings. The van der Waals surface area contributed by atoms with Crippen molar-refractivity contribution < 1.29 is 14.3 Å². The van der Waals surface area contributed by atoms with Gasteiger partial charge in [-0.1, -0.05) is 22.0 Å². The predicted molar refractivity (Wildman–Crippen MR) is 70.1 cm³/mol. The molecule has 0 saturated heterocycles. The van der Waals surface area contributed by atoms with Gasteiger partial charge in [-0.2, -0.15) is 0 Å². The maximum absolute atomic E-state index is 11.5. The summed E-state index contributed by atoms with van der Waals surface area (Å²) in [7, 11) is 1.62. The second-order valence-corrected chi connectivity index (χ2v) is 5.81. The van der Waals surface area contributed by atoms with Crippen molar-refractivity contribution >= 4 is 22.0 Å². The molecule has 2 unspecified atom stereocenters. The molecule has 1 amide bonds. The van der Waals surface area contributed by atoms with Crippen molar-refractivity contribution in [3.05, 3.63) is 23.9 Å². The number of nitrogens with one attached hydrogen (secondary N) is 1. The number of alkyl carbamates (subject to hydrolysis) is 1. The number of allylic oxidation sites excluding steroid dienone is 1. The van der Waals surface area contributed by atoms with Crippen LogP contribution in [-0.2, 0) is 9.47 Å². The molecule has 0 saturated carbocycles. The van der Waals surface area contributed by atoms with Gasteiger partial charge in [0.2, 0.25) is 0 Å². The molecule has 0 aromatic heterocycles. The smallest absolute Gasteiger partial charge is 0.412 e. The van der Waals surface area contributed by atoms with Gasteiger partial charge in [-0.15, -0.1) is 0 Å². The number of rotatable bonds is 2. The molecule has 1 aliphatic rings. The Balaban J connectivity index is 2.58. The van der Waals surface area contributed by atoms with Crippen molar-refractivity contribution in [3.63, 3.8) is 0 Å². The minimum atomic E-state index is -0.498. The van der Waals surface area contributed by atoms with Crippen molar-refractivity contribution in [2.24, 2.45) is 0 Å². The summed E-state index contributed by atoms with van der Waals surface area (Å²) in [5.74, 6) is 0. The van der Waals surface area contributed by atoms with E-state index < -0.39 is 11.7 Å². The summed E-state index contributed by atoms with van der Waals surface area (Å²) < 4.78 is 10.4. The van der Waals surface area contributed by atoms with E-state index in [4.69, 9.17) is 9.47 Å². The van der Waals surface area contributed by atoms with Crippen LogP contribution in [0.2, 0.25) is 0 Å². The standard InChI is InChI=1S/C12H18BrNO3/c1-12(2,3)17-11(15)14-8-5-6-9(13)10(7-8)16-4/h5-7,9-10H,1-4H3,(H,14,15). The third kappa shape index (κ3) is 4.91. The van der Waals surface area contributed by atoms with Gasteiger partial charge in [-0.05, 0) is 32.9 Å². The highest BCUT2D eigenvalue weighted by Crippen LogP contribution is 2.19. The normalized spacial score (nSPS) is 24.2. The van der Waals surface area contributed by atoms with E-state index in [1.54, 1.807) is 7.11 Å². The van der Waals surface area contributed by atoms with Gasteiger partial charge in [0.15, 0.2) is 0 Å². The van der Waals surface area contributed by atoms with Gasteiger partial charge in [-0.3, -0.25) is 5.32 Å².